The molecule has 3 nitrogen and oxygen atoms in total. The highest BCUT2D eigenvalue weighted by atomic mass is 32.1. The van der Waals surface area contributed by atoms with Gasteiger partial charge in [-0.25, -0.2) is 0 Å². The van der Waals surface area contributed by atoms with E-state index in [4.69, 9.17) is 5.73 Å². The lowest BCUT2D eigenvalue weighted by Crippen LogP contribution is -1.98. The minimum Gasteiger partial charge on any atom is -0.326 e. The van der Waals surface area contributed by atoms with Gasteiger partial charge in [0.05, 0.1) is 4.88 Å². The van der Waals surface area contributed by atoms with Crippen LogP contribution in [0.25, 0.3) is 11.3 Å². The maximum Gasteiger partial charge on any atom is 0.110 e. The Balaban J connectivity index is 2.64. The predicted octanol–water partition coefficient (Wildman–Crippen LogP) is 2.59. The normalized spacial score (nSPS) is 10.8. The van der Waals surface area contributed by atoms with Crippen molar-refractivity contribution in [2.45, 2.75) is 27.3 Å². The number of benzene rings is 1. The zero-order chi connectivity index (χ0) is 11.7. The van der Waals surface area contributed by atoms with E-state index in [0.29, 0.717) is 6.54 Å². The van der Waals surface area contributed by atoms with Gasteiger partial charge in [-0.05, 0) is 43.4 Å². The summed E-state index contributed by atoms with van der Waals surface area (Å²) in [5, 5.41) is 4.20. The fraction of sp³-hybridized carbons (Fsp3) is 0.333. The molecule has 1 heterocycles. The monoisotopic (exact) mass is 233 g/mol. The molecule has 2 N–H and O–H groups in total. The lowest BCUT2D eigenvalue weighted by molar-refractivity contribution is 1.08. The maximum atomic E-state index is 5.69. The van der Waals surface area contributed by atoms with Crippen LogP contribution in [0, 0.1) is 20.8 Å². The zero-order valence-corrected chi connectivity index (χ0v) is 10.6. The Hall–Kier alpha value is -1.26. The molecule has 84 valence electrons. The Labute approximate surface area is 99.5 Å². The summed E-state index contributed by atoms with van der Waals surface area (Å²) in [6, 6.07) is 4.34. The number of aromatic nitrogens is 2. The van der Waals surface area contributed by atoms with E-state index >= 15 is 0 Å². The first kappa shape index (κ1) is 11.2. The average Bonchev–Trinajstić information content (AvgIpc) is 2.64. The Kier molecular flexibility index (Phi) is 3.03. The first-order valence-corrected chi connectivity index (χ1v) is 6.00. The lowest BCUT2D eigenvalue weighted by Gasteiger charge is -2.09. The van der Waals surface area contributed by atoms with E-state index in [0.717, 1.165) is 10.6 Å². The Morgan fingerprint density at radius 3 is 2.38 bits per heavy atom. The number of aryl methyl sites for hydroxylation is 3. The van der Waals surface area contributed by atoms with Crippen LogP contribution in [-0.4, -0.2) is 9.59 Å². The van der Waals surface area contributed by atoms with Crippen molar-refractivity contribution in [1.82, 2.24) is 9.59 Å². The molecule has 0 saturated carbocycles. The van der Waals surface area contributed by atoms with Crippen LogP contribution in [0.5, 0.6) is 0 Å². The van der Waals surface area contributed by atoms with Crippen LogP contribution in [0.15, 0.2) is 12.1 Å². The largest absolute Gasteiger partial charge is 0.326 e. The van der Waals surface area contributed by atoms with Crippen molar-refractivity contribution < 1.29 is 0 Å². The first-order chi connectivity index (χ1) is 7.63. The van der Waals surface area contributed by atoms with Gasteiger partial charge in [0.2, 0.25) is 0 Å². The molecule has 0 aliphatic carbocycles. The summed E-state index contributed by atoms with van der Waals surface area (Å²) >= 11 is 1.38. The summed E-state index contributed by atoms with van der Waals surface area (Å²) in [5.41, 5.74) is 11.6. The molecule has 0 radical (unpaired) electrons. The minimum absolute atomic E-state index is 0.500. The molecule has 2 rings (SSSR count). The molecule has 4 heteroatoms. The van der Waals surface area contributed by atoms with Crippen molar-refractivity contribution >= 4 is 11.5 Å². The summed E-state index contributed by atoms with van der Waals surface area (Å²) < 4.78 is 3.99. The van der Waals surface area contributed by atoms with Gasteiger partial charge in [-0.1, -0.05) is 22.2 Å². The molecule has 0 unspecified atom stereocenters. The zero-order valence-electron chi connectivity index (χ0n) is 9.74. The van der Waals surface area contributed by atoms with E-state index in [9.17, 15) is 0 Å². The molecule has 0 spiro atoms. The highest BCUT2D eigenvalue weighted by Crippen LogP contribution is 2.30. The van der Waals surface area contributed by atoms with Gasteiger partial charge in [-0.3, -0.25) is 0 Å². The molecule has 0 aliphatic rings. The molecular weight excluding hydrogens is 218 g/mol. The third-order valence-corrected chi connectivity index (χ3v) is 3.40. The molecule has 1 aromatic carbocycles. The van der Waals surface area contributed by atoms with Crippen molar-refractivity contribution in [3.05, 3.63) is 33.7 Å². The standard InChI is InChI=1S/C12H15N3S/c1-7-4-8(2)11(9(3)5-7)12-10(6-13)16-15-14-12/h4-5H,6,13H2,1-3H3. The van der Waals surface area contributed by atoms with Crippen LogP contribution in [0.4, 0.5) is 0 Å². The van der Waals surface area contributed by atoms with Gasteiger partial charge in [-0.2, -0.15) is 0 Å². The molecule has 0 aliphatic heterocycles. The van der Waals surface area contributed by atoms with Crippen LogP contribution < -0.4 is 5.73 Å². The number of hydrogen-bond acceptors (Lipinski definition) is 4. The quantitative estimate of drug-likeness (QED) is 0.867. The van der Waals surface area contributed by atoms with Crippen LogP contribution in [-0.2, 0) is 6.54 Å². The summed E-state index contributed by atoms with van der Waals surface area (Å²) in [6.07, 6.45) is 0. The summed E-state index contributed by atoms with van der Waals surface area (Å²) in [7, 11) is 0. The van der Waals surface area contributed by atoms with E-state index < -0.39 is 0 Å². The van der Waals surface area contributed by atoms with E-state index in [-0.39, 0.29) is 0 Å². The fourth-order valence-electron chi connectivity index (χ4n) is 2.09. The molecule has 0 bridgehead atoms. The lowest BCUT2D eigenvalue weighted by atomic mass is 9.97. The van der Waals surface area contributed by atoms with Gasteiger partial charge < -0.3 is 5.73 Å². The number of nitrogens with two attached hydrogens (primary N) is 1. The van der Waals surface area contributed by atoms with Crippen molar-refractivity contribution in [1.29, 1.82) is 0 Å². The highest BCUT2D eigenvalue weighted by Gasteiger charge is 2.13. The topological polar surface area (TPSA) is 51.8 Å². The van der Waals surface area contributed by atoms with E-state index in [1.165, 1.54) is 33.8 Å². The van der Waals surface area contributed by atoms with Gasteiger partial charge in [0.25, 0.3) is 0 Å². The first-order valence-electron chi connectivity index (χ1n) is 5.23. The maximum absolute atomic E-state index is 5.69. The SMILES string of the molecule is Cc1cc(C)c(-c2nnsc2CN)c(C)c1. The highest BCUT2D eigenvalue weighted by molar-refractivity contribution is 7.05. The van der Waals surface area contributed by atoms with Crippen LogP contribution in [0.1, 0.15) is 21.6 Å². The van der Waals surface area contributed by atoms with Crippen molar-refractivity contribution in [3.8, 4) is 11.3 Å². The molecule has 1 aromatic heterocycles. The Bertz CT molecular complexity index is 494. The number of nitrogens with zero attached hydrogens (tertiary/aromatic N) is 2. The predicted molar refractivity (Wildman–Crippen MR) is 67.4 cm³/mol. The van der Waals surface area contributed by atoms with Crippen LogP contribution >= 0.6 is 11.5 Å². The van der Waals surface area contributed by atoms with Gasteiger partial charge >= 0.3 is 0 Å². The van der Waals surface area contributed by atoms with Gasteiger partial charge in [-0.15, -0.1) is 5.10 Å². The minimum atomic E-state index is 0.500. The molecule has 2 aromatic rings. The molecule has 0 saturated heterocycles. The Morgan fingerprint density at radius 1 is 1.19 bits per heavy atom. The fourth-order valence-corrected chi connectivity index (χ4v) is 2.61. The molecular formula is C12H15N3S. The van der Waals surface area contributed by atoms with Crippen molar-refractivity contribution in [2.75, 3.05) is 0 Å². The summed E-state index contributed by atoms with van der Waals surface area (Å²) in [5.74, 6) is 0. The van der Waals surface area contributed by atoms with E-state index in [1.807, 2.05) is 0 Å². The van der Waals surface area contributed by atoms with Gasteiger partial charge in [0.1, 0.15) is 5.69 Å². The third-order valence-electron chi connectivity index (χ3n) is 2.66. The number of rotatable bonds is 2. The molecule has 16 heavy (non-hydrogen) atoms. The molecule has 0 atom stereocenters. The van der Waals surface area contributed by atoms with Gasteiger partial charge in [0, 0.05) is 12.1 Å². The second kappa shape index (κ2) is 4.31. The van der Waals surface area contributed by atoms with Crippen molar-refractivity contribution in [2.24, 2.45) is 5.73 Å². The summed E-state index contributed by atoms with van der Waals surface area (Å²) in [6.45, 7) is 6.82. The number of hydrogen-bond donors (Lipinski definition) is 1. The smallest absolute Gasteiger partial charge is 0.110 e. The van der Waals surface area contributed by atoms with Gasteiger partial charge in [0.15, 0.2) is 0 Å². The second-order valence-corrected chi connectivity index (χ2v) is 4.86. The second-order valence-electron chi connectivity index (χ2n) is 4.02. The average molecular weight is 233 g/mol. The molecule has 0 fully saturated rings. The Morgan fingerprint density at radius 2 is 1.81 bits per heavy atom. The summed E-state index contributed by atoms with van der Waals surface area (Å²) in [4.78, 5) is 1.05. The van der Waals surface area contributed by atoms with Crippen molar-refractivity contribution in [3.63, 3.8) is 0 Å². The van der Waals surface area contributed by atoms with Crippen LogP contribution in [0.2, 0.25) is 0 Å². The van der Waals surface area contributed by atoms with Crippen LogP contribution in [0.3, 0.4) is 0 Å². The molecule has 0 amide bonds. The van der Waals surface area contributed by atoms with E-state index in [2.05, 4.69) is 42.5 Å². The third kappa shape index (κ3) is 1.86. The van der Waals surface area contributed by atoms with E-state index in [1.54, 1.807) is 0 Å².